The molecule has 1 saturated heterocycles. The summed E-state index contributed by atoms with van der Waals surface area (Å²) in [7, 11) is 0. The summed E-state index contributed by atoms with van der Waals surface area (Å²) in [6, 6.07) is 4.15. The van der Waals surface area contributed by atoms with Crippen LogP contribution in [0.2, 0.25) is 10.0 Å². The Morgan fingerprint density at radius 1 is 1.21 bits per heavy atom. The van der Waals surface area contributed by atoms with Gasteiger partial charge >= 0.3 is 6.03 Å². The molecule has 1 aliphatic carbocycles. The zero-order valence-electron chi connectivity index (χ0n) is 12.9. The van der Waals surface area contributed by atoms with Gasteiger partial charge in [-0.05, 0) is 31.0 Å². The highest BCUT2D eigenvalue weighted by atomic mass is 35.5. The number of carbonyl (C=O) groups excluding carboxylic acids is 3. The summed E-state index contributed by atoms with van der Waals surface area (Å²) in [6.07, 6.45) is 4.08. The first-order valence-corrected chi connectivity index (χ1v) is 8.56. The number of anilines is 1. The molecule has 1 heterocycles. The van der Waals surface area contributed by atoms with Crippen molar-refractivity contribution < 1.29 is 14.4 Å². The first kappa shape index (κ1) is 17.0. The summed E-state index contributed by atoms with van der Waals surface area (Å²) in [4.78, 5) is 37.9. The molecule has 2 N–H and O–H groups in total. The normalized spacial score (nSPS) is 19.5. The number of urea groups is 1. The van der Waals surface area contributed by atoms with Gasteiger partial charge in [0.2, 0.25) is 5.91 Å². The third-order valence-corrected chi connectivity index (χ3v) is 5.02. The molecule has 0 aromatic heterocycles. The molecule has 3 rings (SSSR count). The molecule has 2 fully saturated rings. The maximum atomic E-state index is 12.6. The lowest BCUT2D eigenvalue weighted by atomic mass is 9.82. The fraction of sp³-hybridized carbons (Fsp3) is 0.438. The smallest absolute Gasteiger partial charge is 0.323 e. The Bertz CT molecular complexity index is 702. The molecule has 128 valence electrons. The molecule has 8 heteroatoms. The number of benzene rings is 1. The van der Waals surface area contributed by atoms with Crippen LogP contribution in [0.1, 0.15) is 32.1 Å². The van der Waals surface area contributed by atoms with Crippen molar-refractivity contribution in [3.8, 4) is 0 Å². The molecule has 6 nitrogen and oxygen atoms in total. The van der Waals surface area contributed by atoms with Crippen molar-refractivity contribution in [2.24, 2.45) is 0 Å². The van der Waals surface area contributed by atoms with Gasteiger partial charge in [0, 0.05) is 5.02 Å². The number of halogens is 2. The number of carbonyl (C=O) groups is 3. The number of nitrogens with one attached hydrogen (secondary N) is 2. The van der Waals surface area contributed by atoms with Crippen LogP contribution in [0.15, 0.2) is 18.2 Å². The summed E-state index contributed by atoms with van der Waals surface area (Å²) in [6.45, 7) is -0.352. The van der Waals surface area contributed by atoms with Crippen LogP contribution in [0.5, 0.6) is 0 Å². The third kappa shape index (κ3) is 3.21. The van der Waals surface area contributed by atoms with E-state index in [0.29, 0.717) is 28.6 Å². The van der Waals surface area contributed by atoms with Crippen LogP contribution in [0.3, 0.4) is 0 Å². The molecule has 2 aliphatic rings. The second kappa shape index (κ2) is 6.61. The van der Waals surface area contributed by atoms with Gasteiger partial charge < -0.3 is 10.6 Å². The number of nitrogens with zero attached hydrogens (tertiary/aromatic N) is 1. The quantitative estimate of drug-likeness (QED) is 0.803. The predicted octanol–water partition coefficient (Wildman–Crippen LogP) is 3.19. The molecule has 0 bridgehead atoms. The Balaban J connectivity index is 1.69. The minimum absolute atomic E-state index is 0.320. The fourth-order valence-corrected chi connectivity index (χ4v) is 3.58. The summed E-state index contributed by atoms with van der Waals surface area (Å²) < 4.78 is 0. The van der Waals surface area contributed by atoms with E-state index in [1.807, 2.05) is 0 Å². The van der Waals surface area contributed by atoms with Gasteiger partial charge in [-0.3, -0.25) is 14.5 Å². The van der Waals surface area contributed by atoms with E-state index in [1.165, 1.54) is 6.07 Å². The minimum Gasteiger partial charge on any atom is -0.323 e. The van der Waals surface area contributed by atoms with Gasteiger partial charge in [-0.2, -0.15) is 0 Å². The largest absolute Gasteiger partial charge is 0.325 e. The lowest BCUT2D eigenvalue weighted by Crippen LogP contribution is -2.48. The summed E-state index contributed by atoms with van der Waals surface area (Å²) in [5.41, 5.74) is -0.489. The first-order valence-electron chi connectivity index (χ1n) is 7.80. The second-order valence-corrected chi connectivity index (χ2v) is 6.98. The molecule has 1 saturated carbocycles. The van der Waals surface area contributed by atoms with E-state index in [9.17, 15) is 14.4 Å². The standard InChI is InChI=1S/C16H17Cl2N3O3/c17-10-4-5-11(18)12(8-10)19-13(22)9-21-14(23)16(20-15(21)24)6-2-1-3-7-16/h4-5,8H,1-3,6-7,9H2,(H,19,22)(H,20,24). The van der Waals surface area contributed by atoms with E-state index in [4.69, 9.17) is 23.2 Å². The Labute approximate surface area is 149 Å². The van der Waals surface area contributed by atoms with Crippen LogP contribution in [-0.2, 0) is 9.59 Å². The van der Waals surface area contributed by atoms with Crippen LogP contribution in [0.4, 0.5) is 10.5 Å². The van der Waals surface area contributed by atoms with Crippen molar-refractivity contribution in [2.75, 3.05) is 11.9 Å². The molecule has 4 amide bonds. The van der Waals surface area contributed by atoms with Crippen LogP contribution in [-0.4, -0.2) is 34.8 Å². The summed E-state index contributed by atoms with van der Waals surface area (Å²) in [5.74, 6) is -0.824. The summed E-state index contributed by atoms with van der Waals surface area (Å²) in [5, 5.41) is 6.10. The number of amides is 4. The average Bonchev–Trinajstić information content (AvgIpc) is 2.76. The Morgan fingerprint density at radius 3 is 2.62 bits per heavy atom. The van der Waals surface area contributed by atoms with Crippen LogP contribution in [0, 0.1) is 0 Å². The van der Waals surface area contributed by atoms with Gasteiger partial charge in [-0.1, -0.05) is 42.5 Å². The van der Waals surface area contributed by atoms with Crippen LogP contribution in [0.25, 0.3) is 0 Å². The van der Waals surface area contributed by atoms with Crippen molar-refractivity contribution in [2.45, 2.75) is 37.6 Å². The SMILES string of the molecule is O=C(CN1C(=O)NC2(CCCCC2)C1=O)Nc1cc(Cl)ccc1Cl. The second-order valence-electron chi connectivity index (χ2n) is 6.14. The number of hydrogen-bond donors (Lipinski definition) is 2. The average molecular weight is 370 g/mol. The zero-order valence-corrected chi connectivity index (χ0v) is 14.4. The maximum Gasteiger partial charge on any atom is 0.325 e. The van der Waals surface area contributed by atoms with E-state index in [2.05, 4.69) is 10.6 Å². The van der Waals surface area contributed by atoms with Crippen molar-refractivity contribution in [3.63, 3.8) is 0 Å². The molecule has 0 radical (unpaired) electrons. The molecule has 24 heavy (non-hydrogen) atoms. The molecule has 0 unspecified atom stereocenters. The molecule has 1 aromatic carbocycles. The molecular formula is C16H17Cl2N3O3. The molecule has 1 aromatic rings. The maximum absolute atomic E-state index is 12.6. The van der Waals surface area contributed by atoms with E-state index in [-0.39, 0.29) is 12.5 Å². The monoisotopic (exact) mass is 369 g/mol. The highest BCUT2D eigenvalue weighted by Gasteiger charge is 2.51. The van der Waals surface area contributed by atoms with Gasteiger partial charge in [-0.15, -0.1) is 0 Å². The van der Waals surface area contributed by atoms with E-state index in [0.717, 1.165) is 24.2 Å². The lowest BCUT2D eigenvalue weighted by Gasteiger charge is -2.30. The van der Waals surface area contributed by atoms with E-state index < -0.39 is 17.5 Å². The van der Waals surface area contributed by atoms with Gasteiger partial charge in [0.25, 0.3) is 5.91 Å². The zero-order chi connectivity index (χ0) is 17.3. The highest BCUT2D eigenvalue weighted by molar-refractivity contribution is 6.35. The highest BCUT2D eigenvalue weighted by Crippen LogP contribution is 2.33. The molecule has 0 atom stereocenters. The van der Waals surface area contributed by atoms with Gasteiger partial charge in [-0.25, -0.2) is 4.79 Å². The van der Waals surface area contributed by atoms with Crippen molar-refractivity contribution in [3.05, 3.63) is 28.2 Å². The van der Waals surface area contributed by atoms with Gasteiger partial charge in [0.05, 0.1) is 10.7 Å². The predicted molar refractivity (Wildman–Crippen MR) is 91.2 cm³/mol. The number of hydrogen-bond acceptors (Lipinski definition) is 3. The number of imide groups is 1. The van der Waals surface area contributed by atoms with Crippen LogP contribution < -0.4 is 10.6 Å². The third-order valence-electron chi connectivity index (χ3n) is 4.46. The van der Waals surface area contributed by atoms with E-state index in [1.54, 1.807) is 12.1 Å². The molecule has 1 spiro atoms. The fourth-order valence-electron chi connectivity index (χ4n) is 3.24. The number of rotatable bonds is 3. The topological polar surface area (TPSA) is 78.5 Å². The van der Waals surface area contributed by atoms with Gasteiger partial charge in [0.1, 0.15) is 12.1 Å². The summed E-state index contributed by atoms with van der Waals surface area (Å²) >= 11 is 11.9. The Morgan fingerprint density at radius 2 is 1.92 bits per heavy atom. The van der Waals surface area contributed by atoms with Crippen molar-refractivity contribution >= 4 is 46.7 Å². The minimum atomic E-state index is -0.830. The van der Waals surface area contributed by atoms with Gasteiger partial charge in [0.15, 0.2) is 0 Å². The Kier molecular flexibility index (Phi) is 4.69. The van der Waals surface area contributed by atoms with Crippen LogP contribution >= 0.6 is 23.2 Å². The van der Waals surface area contributed by atoms with Crippen molar-refractivity contribution in [1.29, 1.82) is 0 Å². The first-order chi connectivity index (χ1) is 11.4. The molecule has 1 aliphatic heterocycles. The molecular weight excluding hydrogens is 353 g/mol. The Hall–Kier alpha value is -1.79. The lowest BCUT2D eigenvalue weighted by molar-refractivity contribution is -0.134. The van der Waals surface area contributed by atoms with E-state index >= 15 is 0 Å². The van der Waals surface area contributed by atoms with Crippen molar-refractivity contribution in [1.82, 2.24) is 10.2 Å².